The topological polar surface area (TPSA) is 90.8 Å². The van der Waals surface area contributed by atoms with Crippen molar-refractivity contribution in [3.63, 3.8) is 0 Å². The molecular formula is C23H21N3O3. The van der Waals surface area contributed by atoms with E-state index in [1.54, 1.807) is 61.5 Å². The van der Waals surface area contributed by atoms with Gasteiger partial charge in [-0.15, -0.1) is 0 Å². The number of phenolic OH excluding ortho intramolecular Hbond substituents is 1. The molecule has 29 heavy (non-hydrogen) atoms. The highest BCUT2D eigenvalue weighted by atomic mass is 16.3. The summed E-state index contributed by atoms with van der Waals surface area (Å²) in [6.07, 6.45) is 0. The number of anilines is 1. The summed E-state index contributed by atoms with van der Waals surface area (Å²) in [5.74, 6) is -0.503. The van der Waals surface area contributed by atoms with Crippen LogP contribution >= 0.6 is 0 Å². The van der Waals surface area contributed by atoms with Crippen molar-refractivity contribution in [3.8, 4) is 5.75 Å². The zero-order valence-electron chi connectivity index (χ0n) is 16.1. The molecule has 0 spiro atoms. The highest BCUT2D eigenvalue weighted by molar-refractivity contribution is 6.05. The molecule has 0 aromatic heterocycles. The third-order valence-corrected chi connectivity index (χ3v) is 4.41. The van der Waals surface area contributed by atoms with Crippen molar-refractivity contribution in [1.82, 2.24) is 5.43 Å². The molecule has 2 amide bonds. The minimum atomic E-state index is -0.392. The summed E-state index contributed by atoms with van der Waals surface area (Å²) in [5.41, 5.74) is 5.97. The summed E-state index contributed by atoms with van der Waals surface area (Å²) in [6, 6.07) is 20.6. The highest BCUT2D eigenvalue weighted by Crippen LogP contribution is 2.16. The summed E-state index contributed by atoms with van der Waals surface area (Å²) >= 11 is 0. The molecule has 0 aliphatic rings. The zero-order chi connectivity index (χ0) is 20.8. The molecule has 3 rings (SSSR count). The fourth-order valence-electron chi connectivity index (χ4n) is 2.77. The van der Waals surface area contributed by atoms with Crippen molar-refractivity contribution in [2.45, 2.75) is 13.8 Å². The fraction of sp³-hybridized carbons (Fsp3) is 0.0870. The largest absolute Gasteiger partial charge is 0.507 e. The molecular weight excluding hydrogens is 366 g/mol. The van der Waals surface area contributed by atoms with Gasteiger partial charge in [-0.05, 0) is 61.9 Å². The summed E-state index contributed by atoms with van der Waals surface area (Å²) < 4.78 is 0. The van der Waals surface area contributed by atoms with Crippen molar-refractivity contribution in [1.29, 1.82) is 0 Å². The Morgan fingerprint density at radius 3 is 2.10 bits per heavy atom. The molecule has 0 heterocycles. The summed E-state index contributed by atoms with van der Waals surface area (Å²) in [6.45, 7) is 3.57. The average Bonchev–Trinajstić information content (AvgIpc) is 2.73. The summed E-state index contributed by atoms with van der Waals surface area (Å²) in [7, 11) is 0. The Hall–Kier alpha value is -3.93. The lowest BCUT2D eigenvalue weighted by molar-refractivity contribution is 0.0954. The molecule has 3 aromatic rings. The molecule has 0 saturated heterocycles. The van der Waals surface area contributed by atoms with Crippen molar-refractivity contribution in [3.05, 3.63) is 95.1 Å². The fourth-order valence-corrected chi connectivity index (χ4v) is 2.77. The number of carbonyl (C=O) groups is 2. The number of hydrazone groups is 1. The van der Waals surface area contributed by atoms with Gasteiger partial charge >= 0.3 is 0 Å². The third kappa shape index (κ3) is 4.87. The van der Waals surface area contributed by atoms with Crippen LogP contribution in [-0.4, -0.2) is 22.6 Å². The lowest BCUT2D eigenvalue weighted by atomic mass is 10.1. The van der Waals surface area contributed by atoms with E-state index >= 15 is 0 Å². The molecule has 146 valence electrons. The molecule has 3 N–H and O–H groups in total. The van der Waals surface area contributed by atoms with Crippen LogP contribution in [0.4, 0.5) is 5.69 Å². The number of hydrogen-bond donors (Lipinski definition) is 3. The highest BCUT2D eigenvalue weighted by Gasteiger charge is 2.10. The second-order valence-corrected chi connectivity index (χ2v) is 6.50. The van der Waals surface area contributed by atoms with E-state index in [1.165, 1.54) is 0 Å². The van der Waals surface area contributed by atoms with Gasteiger partial charge in [0.25, 0.3) is 11.8 Å². The molecule has 0 unspecified atom stereocenters. The van der Waals surface area contributed by atoms with Crippen LogP contribution in [0.5, 0.6) is 5.75 Å². The maximum absolute atomic E-state index is 12.4. The standard InChI is InChI=1S/C23H21N3O3/c1-15-7-3-4-8-19(15)23(29)24-18-13-11-17(12-14-18)22(28)26-25-16(2)20-9-5-6-10-21(20)27/h3-14,27H,1-2H3,(H,24,29)(H,26,28). The number of amides is 2. The van der Waals surface area contributed by atoms with E-state index in [9.17, 15) is 14.7 Å². The predicted molar refractivity (Wildman–Crippen MR) is 113 cm³/mol. The Kier molecular flexibility index (Phi) is 6.04. The van der Waals surface area contributed by atoms with Gasteiger partial charge in [0.2, 0.25) is 0 Å². The molecule has 0 atom stereocenters. The first kappa shape index (κ1) is 19.8. The minimum Gasteiger partial charge on any atom is -0.507 e. The molecule has 0 fully saturated rings. The van der Waals surface area contributed by atoms with Crippen LogP contribution in [0.15, 0.2) is 77.9 Å². The second-order valence-electron chi connectivity index (χ2n) is 6.50. The van der Waals surface area contributed by atoms with Crippen molar-refractivity contribution >= 4 is 23.2 Å². The number of hydrogen-bond acceptors (Lipinski definition) is 4. The molecule has 0 radical (unpaired) electrons. The van der Waals surface area contributed by atoms with Gasteiger partial charge in [-0.2, -0.15) is 5.10 Å². The Labute approximate surface area is 168 Å². The maximum atomic E-state index is 12.4. The lowest BCUT2D eigenvalue weighted by Gasteiger charge is -2.08. The van der Waals surface area contributed by atoms with Crippen LogP contribution in [0, 0.1) is 6.92 Å². The van der Waals surface area contributed by atoms with Crippen LogP contribution in [0.2, 0.25) is 0 Å². The average molecular weight is 387 g/mol. The van der Waals surface area contributed by atoms with E-state index < -0.39 is 5.91 Å². The monoisotopic (exact) mass is 387 g/mol. The number of nitrogens with one attached hydrogen (secondary N) is 2. The van der Waals surface area contributed by atoms with E-state index in [1.807, 2.05) is 25.1 Å². The third-order valence-electron chi connectivity index (χ3n) is 4.41. The predicted octanol–water partition coefficient (Wildman–Crippen LogP) is 4.11. The minimum absolute atomic E-state index is 0.0942. The lowest BCUT2D eigenvalue weighted by Crippen LogP contribution is -2.19. The summed E-state index contributed by atoms with van der Waals surface area (Å²) in [5, 5.41) is 16.7. The van der Waals surface area contributed by atoms with Crippen LogP contribution in [0.25, 0.3) is 0 Å². The van der Waals surface area contributed by atoms with E-state index in [0.717, 1.165) is 5.56 Å². The van der Waals surface area contributed by atoms with E-state index in [0.29, 0.717) is 28.1 Å². The Morgan fingerprint density at radius 1 is 0.828 bits per heavy atom. The zero-order valence-corrected chi connectivity index (χ0v) is 16.1. The number of aryl methyl sites for hydroxylation is 1. The van der Waals surface area contributed by atoms with Crippen molar-refractivity contribution in [2.24, 2.45) is 5.10 Å². The first-order chi connectivity index (χ1) is 14.0. The van der Waals surface area contributed by atoms with E-state index in [-0.39, 0.29) is 11.7 Å². The molecule has 0 bridgehead atoms. The maximum Gasteiger partial charge on any atom is 0.271 e. The van der Waals surface area contributed by atoms with Crippen molar-refractivity contribution in [2.75, 3.05) is 5.32 Å². The first-order valence-corrected chi connectivity index (χ1v) is 9.06. The van der Waals surface area contributed by atoms with Crippen molar-refractivity contribution < 1.29 is 14.7 Å². The van der Waals surface area contributed by atoms with Gasteiger partial charge in [-0.25, -0.2) is 5.43 Å². The number of para-hydroxylation sites is 1. The molecule has 6 heteroatoms. The normalized spacial score (nSPS) is 11.0. The SMILES string of the molecule is CC(=NNC(=O)c1ccc(NC(=O)c2ccccc2C)cc1)c1ccccc1O. The second kappa shape index (κ2) is 8.84. The van der Waals surface area contributed by atoms with E-state index in [4.69, 9.17) is 0 Å². The van der Waals surface area contributed by atoms with Gasteiger partial charge in [0.05, 0.1) is 5.71 Å². The summed E-state index contributed by atoms with van der Waals surface area (Å²) in [4.78, 5) is 24.7. The Balaban J connectivity index is 1.64. The van der Waals surface area contributed by atoms with Gasteiger partial charge in [-0.1, -0.05) is 30.3 Å². The number of benzene rings is 3. The molecule has 6 nitrogen and oxygen atoms in total. The number of rotatable bonds is 5. The van der Waals surface area contributed by atoms with Crippen LogP contribution in [0.1, 0.15) is 38.8 Å². The van der Waals surface area contributed by atoms with Crippen LogP contribution in [0.3, 0.4) is 0 Å². The molecule has 3 aromatic carbocycles. The Bertz CT molecular complexity index is 1070. The van der Waals surface area contributed by atoms with Gasteiger partial charge < -0.3 is 10.4 Å². The van der Waals surface area contributed by atoms with Gasteiger partial charge in [0.1, 0.15) is 5.75 Å². The first-order valence-electron chi connectivity index (χ1n) is 9.06. The number of phenols is 1. The number of nitrogens with zero attached hydrogens (tertiary/aromatic N) is 1. The van der Waals surface area contributed by atoms with Crippen LogP contribution in [-0.2, 0) is 0 Å². The quantitative estimate of drug-likeness (QED) is 0.455. The van der Waals surface area contributed by atoms with E-state index in [2.05, 4.69) is 15.8 Å². The number of carbonyl (C=O) groups excluding carboxylic acids is 2. The Morgan fingerprint density at radius 2 is 1.45 bits per heavy atom. The molecule has 0 aliphatic carbocycles. The van der Waals surface area contributed by atoms with Crippen LogP contribution < -0.4 is 10.7 Å². The van der Waals surface area contributed by atoms with Gasteiger partial charge in [0.15, 0.2) is 0 Å². The van der Waals surface area contributed by atoms with Gasteiger partial charge in [0, 0.05) is 22.4 Å². The smallest absolute Gasteiger partial charge is 0.271 e. The number of aromatic hydroxyl groups is 1. The van der Waals surface area contributed by atoms with Gasteiger partial charge in [-0.3, -0.25) is 9.59 Å². The molecule has 0 saturated carbocycles. The molecule has 0 aliphatic heterocycles.